The Balaban J connectivity index is 3.98. The van der Waals surface area contributed by atoms with E-state index in [1.165, 1.54) is 0 Å². The summed E-state index contributed by atoms with van der Waals surface area (Å²) in [7, 11) is 0. The van der Waals surface area contributed by atoms with Gasteiger partial charge in [-0.3, -0.25) is 9.59 Å². The molecule has 2 amide bonds. The summed E-state index contributed by atoms with van der Waals surface area (Å²) < 4.78 is 0. The van der Waals surface area contributed by atoms with Crippen LogP contribution in [-0.2, 0) is 9.59 Å². The summed E-state index contributed by atoms with van der Waals surface area (Å²) in [6.45, 7) is 4.55. The Labute approximate surface area is 96.9 Å². The molecule has 0 heterocycles. The quantitative estimate of drug-likeness (QED) is 0.516. The summed E-state index contributed by atoms with van der Waals surface area (Å²) in [5.74, 6) is -0.277. The number of hydrogen-bond donors (Lipinski definition) is 3. The van der Waals surface area contributed by atoms with E-state index in [1.807, 2.05) is 13.8 Å². The zero-order valence-corrected chi connectivity index (χ0v) is 10.2. The highest BCUT2D eigenvalue weighted by molar-refractivity contribution is 5.86. The lowest BCUT2D eigenvalue weighted by Gasteiger charge is -2.17. The van der Waals surface area contributed by atoms with Gasteiger partial charge in [0, 0.05) is 6.42 Å². The van der Waals surface area contributed by atoms with Crippen molar-refractivity contribution in [1.82, 2.24) is 5.32 Å². The Bertz CT molecular complexity index is 229. The summed E-state index contributed by atoms with van der Waals surface area (Å²) in [5.41, 5.74) is 10.5. The average molecular weight is 229 g/mol. The highest BCUT2D eigenvalue weighted by Crippen LogP contribution is 2.05. The first-order valence-corrected chi connectivity index (χ1v) is 5.76. The molecule has 0 fully saturated rings. The van der Waals surface area contributed by atoms with E-state index in [1.54, 1.807) is 0 Å². The van der Waals surface area contributed by atoms with Gasteiger partial charge in [0.2, 0.25) is 11.8 Å². The van der Waals surface area contributed by atoms with Crippen LogP contribution in [0.25, 0.3) is 0 Å². The number of primary amides is 1. The lowest BCUT2D eigenvalue weighted by Crippen LogP contribution is -2.45. The number of carbonyl (C=O) groups excluding carboxylic acids is 2. The molecule has 5 N–H and O–H groups in total. The van der Waals surface area contributed by atoms with E-state index in [0.29, 0.717) is 25.3 Å². The predicted octanol–water partition coefficient (Wildman–Crippen LogP) is 0.132. The van der Waals surface area contributed by atoms with Crippen molar-refractivity contribution < 1.29 is 9.59 Å². The molecule has 16 heavy (non-hydrogen) atoms. The molecule has 5 heteroatoms. The summed E-state index contributed by atoms with van der Waals surface area (Å²) in [6, 6.07) is -0.551. The molecular weight excluding hydrogens is 206 g/mol. The van der Waals surface area contributed by atoms with Crippen molar-refractivity contribution in [3.63, 3.8) is 0 Å². The molecule has 0 unspecified atom stereocenters. The van der Waals surface area contributed by atoms with Crippen LogP contribution >= 0.6 is 0 Å². The first kappa shape index (κ1) is 14.9. The van der Waals surface area contributed by atoms with Crippen molar-refractivity contribution in [3.05, 3.63) is 0 Å². The van der Waals surface area contributed by atoms with Crippen LogP contribution < -0.4 is 16.8 Å². The molecule has 0 bridgehead atoms. The number of rotatable bonds is 8. The molecule has 0 radical (unpaired) electrons. The molecule has 0 rings (SSSR count). The summed E-state index contributed by atoms with van der Waals surface area (Å²) in [6.07, 6.45) is 2.55. The molecule has 0 aliphatic rings. The normalized spacial score (nSPS) is 12.5. The molecular formula is C11H23N3O2. The summed E-state index contributed by atoms with van der Waals surface area (Å²) in [4.78, 5) is 22.5. The van der Waals surface area contributed by atoms with Crippen LogP contribution in [-0.4, -0.2) is 24.4 Å². The van der Waals surface area contributed by atoms with Crippen LogP contribution in [0.15, 0.2) is 0 Å². The third kappa shape index (κ3) is 7.23. The van der Waals surface area contributed by atoms with Gasteiger partial charge in [-0.15, -0.1) is 0 Å². The molecule has 0 aromatic heterocycles. The summed E-state index contributed by atoms with van der Waals surface area (Å²) >= 11 is 0. The molecule has 0 saturated carbocycles. The van der Waals surface area contributed by atoms with Crippen LogP contribution in [0.2, 0.25) is 0 Å². The molecule has 0 spiro atoms. The van der Waals surface area contributed by atoms with E-state index in [9.17, 15) is 9.59 Å². The lowest BCUT2D eigenvalue weighted by atomic mass is 10.0. The van der Waals surface area contributed by atoms with Gasteiger partial charge < -0.3 is 16.8 Å². The van der Waals surface area contributed by atoms with Crippen molar-refractivity contribution in [3.8, 4) is 0 Å². The monoisotopic (exact) mass is 229 g/mol. The fourth-order valence-electron chi connectivity index (χ4n) is 1.41. The van der Waals surface area contributed by atoms with Gasteiger partial charge in [-0.25, -0.2) is 0 Å². The molecule has 0 aromatic carbocycles. The Kier molecular flexibility index (Phi) is 7.54. The number of carbonyl (C=O) groups is 2. The minimum Gasteiger partial charge on any atom is -0.368 e. The van der Waals surface area contributed by atoms with Crippen molar-refractivity contribution in [1.29, 1.82) is 0 Å². The maximum absolute atomic E-state index is 11.5. The van der Waals surface area contributed by atoms with E-state index in [2.05, 4.69) is 5.32 Å². The number of unbranched alkanes of at least 4 members (excludes halogenated alkanes) is 1. The van der Waals surface area contributed by atoms with Gasteiger partial charge in [-0.2, -0.15) is 0 Å². The number of amides is 2. The maximum Gasteiger partial charge on any atom is 0.240 e. The fourth-order valence-corrected chi connectivity index (χ4v) is 1.41. The average Bonchev–Trinajstić information content (AvgIpc) is 2.16. The zero-order valence-electron chi connectivity index (χ0n) is 10.2. The lowest BCUT2D eigenvalue weighted by molar-refractivity contribution is -0.127. The molecule has 0 aromatic rings. The van der Waals surface area contributed by atoms with E-state index in [0.717, 1.165) is 12.8 Å². The third-order valence-electron chi connectivity index (χ3n) is 2.24. The third-order valence-corrected chi connectivity index (χ3v) is 2.24. The number of hydrogen-bond acceptors (Lipinski definition) is 3. The van der Waals surface area contributed by atoms with E-state index in [4.69, 9.17) is 11.5 Å². The van der Waals surface area contributed by atoms with Gasteiger partial charge in [-0.1, -0.05) is 13.8 Å². The molecule has 0 aliphatic carbocycles. The van der Waals surface area contributed by atoms with Gasteiger partial charge in [0.25, 0.3) is 0 Å². The van der Waals surface area contributed by atoms with E-state index < -0.39 is 11.9 Å². The van der Waals surface area contributed by atoms with Crippen molar-refractivity contribution >= 4 is 11.8 Å². The van der Waals surface area contributed by atoms with Gasteiger partial charge in [0.15, 0.2) is 0 Å². The first-order valence-electron chi connectivity index (χ1n) is 5.76. The minimum absolute atomic E-state index is 0.127. The van der Waals surface area contributed by atoms with E-state index >= 15 is 0 Å². The molecule has 94 valence electrons. The van der Waals surface area contributed by atoms with Gasteiger partial charge in [0.1, 0.15) is 6.04 Å². The van der Waals surface area contributed by atoms with Crippen molar-refractivity contribution in [2.24, 2.45) is 17.4 Å². The molecule has 1 atom stereocenters. The maximum atomic E-state index is 11.5. The van der Waals surface area contributed by atoms with Gasteiger partial charge >= 0.3 is 0 Å². The topological polar surface area (TPSA) is 98.2 Å². The van der Waals surface area contributed by atoms with Gasteiger partial charge in [0.05, 0.1) is 0 Å². The van der Waals surface area contributed by atoms with Crippen LogP contribution in [0.1, 0.15) is 39.5 Å². The van der Waals surface area contributed by atoms with Crippen LogP contribution in [0.3, 0.4) is 0 Å². The number of nitrogens with one attached hydrogen (secondary N) is 1. The van der Waals surface area contributed by atoms with Crippen molar-refractivity contribution in [2.45, 2.75) is 45.6 Å². The Hall–Kier alpha value is -1.10. The highest BCUT2D eigenvalue weighted by atomic mass is 16.2. The van der Waals surface area contributed by atoms with Crippen LogP contribution in [0.4, 0.5) is 0 Å². The minimum atomic E-state index is -0.551. The zero-order chi connectivity index (χ0) is 12.6. The van der Waals surface area contributed by atoms with Crippen LogP contribution in [0, 0.1) is 5.92 Å². The smallest absolute Gasteiger partial charge is 0.240 e. The van der Waals surface area contributed by atoms with E-state index in [-0.39, 0.29) is 5.91 Å². The Morgan fingerprint density at radius 1 is 1.25 bits per heavy atom. The highest BCUT2D eigenvalue weighted by Gasteiger charge is 2.18. The summed E-state index contributed by atoms with van der Waals surface area (Å²) in [5, 5.41) is 2.65. The second-order valence-corrected chi connectivity index (χ2v) is 4.40. The predicted molar refractivity (Wildman–Crippen MR) is 63.5 cm³/mol. The van der Waals surface area contributed by atoms with Crippen LogP contribution in [0.5, 0.6) is 0 Å². The Morgan fingerprint density at radius 3 is 2.31 bits per heavy atom. The molecule has 0 aliphatic heterocycles. The standard InChI is InChI=1S/C11H23N3O2/c1-8(2)7-9(11(13)16)14-10(15)5-3-4-6-12/h8-9H,3-7,12H2,1-2H3,(H2,13,16)(H,14,15)/t9-/m0/s1. The molecule has 5 nitrogen and oxygen atoms in total. The largest absolute Gasteiger partial charge is 0.368 e. The molecule has 0 saturated heterocycles. The second kappa shape index (κ2) is 8.10. The van der Waals surface area contributed by atoms with Gasteiger partial charge in [-0.05, 0) is 31.7 Å². The fraction of sp³-hybridized carbons (Fsp3) is 0.818. The Morgan fingerprint density at radius 2 is 1.88 bits per heavy atom. The number of nitrogens with two attached hydrogens (primary N) is 2. The SMILES string of the molecule is CC(C)C[C@H](NC(=O)CCCCN)C(N)=O. The second-order valence-electron chi connectivity index (χ2n) is 4.40. The first-order chi connectivity index (χ1) is 7.47. The van der Waals surface area contributed by atoms with Crippen molar-refractivity contribution in [2.75, 3.05) is 6.54 Å².